The SMILES string of the molecule is COc1ccc(-c2n[nH]c(=S)n2CC(=O)NCCSCc2ccsc2)cc1. The van der Waals surface area contributed by atoms with E-state index in [1.807, 2.05) is 24.3 Å². The van der Waals surface area contributed by atoms with E-state index in [1.54, 1.807) is 34.8 Å². The number of nitrogens with one attached hydrogen (secondary N) is 2. The zero-order valence-electron chi connectivity index (χ0n) is 14.8. The maximum Gasteiger partial charge on any atom is 0.240 e. The lowest BCUT2D eigenvalue weighted by atomic mass is 10.2. The van der Waals surface area contributed by atoms with Gasteiger partial charge in [0.05, 0.1) is 7.11 Å². The number of amides is 1. The van der Waals surface area contributed by atoms with Gasteiger partial charge in [-0.05, 0) is 58.9 Å². The van der Waals surface area contributed by atoms with Crippen LogP contribution in [-0.4, -0.2) is 40.1 Å². The molecule has 0 bridgehead atoms. The zero-order valence-corrected chi connectivity index (χ0v) is 17.3. The van der Waals surface area contributed by atoms with Crippen molar-refractivity contribution in [3.8, 4) is 17.1 Å². The van der Waals surface area contributed by atoms with Crippen LogP contribution in [0, 0.1) is 4.77 Å². The molecule has 0 atom stereocenters. The minimum absolute atomic E-state index is 0.0848. The number of H-pyrrole nitrogens is 1. The lowest BCUT2D eigenvalue weighted by Gasteiger charge is -2.08. The number of thiophene rings is 1. The molecule has 2 heterocycles. The Morgan fingerprint density at radius 1 is 1.37 bits per heavy atom. The molecule has 2 N–H and O–H groups in total. The fourth-order valence-electron chi connectivity index (χ4n) is 2.45. The number of nitrogens with zero attached hydrogens (tertiary/aromatic N) is 2. The summed E-state index contributed by atoms with van der Waals surface area (Å²) in [5, 5.41) is 14.2. The number of benzene rings is 1. The number of hydrogen-bond donors (Lipinski definition) is 2. The van der Waals surface area contributed by atoms with Gasteiger partial charge in [0.25, 0.3) is 0 Å². The number of carbonyl (C=O) groups is 1. The summed E-state index contributed by atoms with van der Waals surface area (Å²) in [5.41, 5.74) is 2.19. The summed E-state index contributed by atoms with van der Waals surface area (Å²) in [6.45, 7) is 0.753. The van der Waals surface area contributed by atoms with Crippen LogP contribution in [0.5, 0.6) is 5.75 Å². The molecule has 27 heavy (non-hydrogen) atoms. The Kier molecular flexibility index (Phi) is 7.08. The number of rotatable bonds is 9. The monoisotopic (exact) mass is 420 g/mol. The van der Waals surface area contributed by atoms with Gasteiger partial charge in [-0.15, -0.1) is 0 Å². The molecule has 0 saturated carbocycles. The van der Waals surface area contributed by atoms with Crippen LogP contribution < -0.4 is 10.1 Å². The smallest absolute Gasteiger partial charge is 0.240 e. The minimum atomic E-state index is -0.0848. The summed E-state index contributed by atoms with van der Waals surface area (Å²) in [5.74, 6) is 3.14. The molecule has 142 valence electrons. The van der Waals surface area contributed by atoms with E-state index in [9.17, 15) is 4.79 Å². The van der Waals surface area contributed by atoms with Crippen LogP contribution in [0.4, 0.5) is 0 Å². The molecule has 3 rings (SSSR count). The molecule has 0 aliphatic heterocycles. The largest absolute Gasteiger partial charge is 0.497 e. The molecule has 0 aliphatic carbocycles. The first-order valence-corrected chi connectivity index (χ1v) is 10.8. The van der Waals surface area contributed by atoms with Crippen molar-refractivity contribution >= 4 is 41.2 Å². The third-order valence-corrected chi connectivity index (χ3v) is 5.90. The van der Waals surface area contributed by atoms with Gasteiger partial charge in [-0.25, -0.2) is 0 Å². The van der Waals surface area contributed by atoms with Crippen LogP contribution in [0.15, 0.2) is 41.1 Å². The quantitative estimate of drug-likeness (QED) is 0.408. The van der Waals surface area contributed by atoms with Crippen LogP contribution in [0.2, 0.25) is 0 Å². The highest BCUT2D eigenvalue weighted by Gasteiger charge is 2.12. The fraction of sp³-hybridized carbons (Fsp3) is 0.278. The van der Waals surface area contributed by atoms with Gasteiger partial charge in [-0.1, -0.05) is 0 Å². The van der Waals surface area contributed by atoms with Gasteiger partial charge in [0, 0.05) is 23.6 Å². The Hall–Kier alpha value is -2.10. The molecule has 9 heteroatoms. The summed E-state index contributed by atoms with van der Waals surface area (Å²) >= 11 is 8.78. The summed E-state index contributed by atoms with van der Waals surface area (Å²) in [4.78, 5) is 12.3. The first-order valence-electron chi connectivity index (χ1n) is 8.32. The van der Waals surface area contributed by atoms with E-state index in [0.717, 1.165) is 22.8 Å². The number of hydrogen-bond acceptors (Lipinski definition) is 6. The highest BCUT2D eigenvalue weighted by molar-refractivity contribution is 7.98. The predicted octanol–water partition coefficient (Wildman–Crippen LogP) is 3.73. The Morgan fingerprint density at radius 2 is 2.19 bits per heavy atom. The average Bonchev–Trinajstić information content (AvgIpc) is 3.32. The highest BCUT2D eigenvalue weighted by atomic mass is 32.2. The number of aromatic nitrogens is 3. The molecule has 0 radical (unpaired) electrons. The third-order valence-electron chi connectivity index (χ3n) is 3.83. The molecular formula is C18H20N4O2S3. The second-order valence-corrected chi connectivity index (χ2v) is 7.97. The Balaban J connectivity index is 1.53. The molecule has 2 aromatic heterocycles. The van der Waals surface area contributed by atoms with Crippen LogP contribution in [0.3, 0.4) is 0 Å². The van der Waals surface area contributed by atoms with Crippen molar-refractivity contribution in [2.24, 2.45) is 0 Å². The predicted molar refractivity (Wildman–Crippen MR) is 113 cm³/mol. The number of carbonyl (C=O) groups excluding carboxylic acids is 1. The third kappa shape index (κ3) is 5.44. The average molecular weight is 421 g/mol. The Morgan fingerprint density at radius 3 is 2.89 bits per heavy atom. The Labute approximate surface area is 171 Å². The van der Waals surface area contributed by atoms with Crippen molar-refractivity contribution in [1.29, 1.82) is 0 Å². The lowest BCUT2D eigenvalue weighted by molar-refractivity contribution is -0.121. The summed E-state index contributed by atoms with van der Waals surface area (Å²) in [6.07, 6.45) is 0. The van der Waals surface area contributed by atoms with E-state index >= 15 is 0 Å². The summed E-state index contributed by atoms with van der Waals surface area (Å²) < 4.78 is 7.29. The Bertz CT molecular complexity index is 917. The minimum Gasteiger partial charge on any atom is -0.497 e. The van der Waals surface area contributed by atoms with Crippen molar-refractivity contribution in [1.82, 2.24) is 20.1 Å². The van der Waals surface area contributed by atoms with E-state index in [4.69, 9.17) is 17.0 Å². The highest BCUT2D eigenvalue weighted by Crippen LogP contribution is 2.21. The van der Waals surface area contributed by atoms with Gasteiger partial charge in [-0.3, -0.25) is 14.5 Å². The first kappa shape index (κ1) is 19.7. The van der Waals surface area contributed by atoms with Gasteiger partial charge in [0.1, 0.15) is 12.3 Å². The van der Waals surface area contributed by atoms with Crippen LogP contribution in [-0.2, 0) is 17.1 Å². The molecule has 0 unspecified atom stereocenters. The molecular weight excluding hydrogens is 400 g/mol. The van der Waals surface area contributed by atoms with Crippen LogP contribution >= 0.6 is 35.3 Å². The van der Waals surface area contributed by atoms with Crippen LogP contribution in [0.25, 0.3) is 11.4 Å². The van der Waals surface area contributed by atoms with E-state index in [-0.39, 0.29) is 12.5 Å². The topological polar surface area (TPSA) is 71.9 Å². The molecule has 0 aliphatic rings. The van der Waals surface area contributed by atoms with Crippen molar-refractivity contribution in [2.45, 2.75) is 12.3 Å². The summed E-state index contributed by atoms with van der Waals surface area (Å²) in [6, 6.07) is 9.60. The first-order chi connectivity index (χ1) is 13.2. The standard InChI is InChI=1S/C18H20N4O2S3/c1-24-15-4-2-14(3-5-15)17-20-21-18(25)22(17)10-16(23)19-7-9-27-12-13-6-8-26-11-13/h2-6,8,11H,7,9-10,12H2,1H3,(H,19,23)(H,21,25). The van der Waals surface area contributed by atoms with E-state index in [2.05, 4.69) is 32.3 Å². The van der Waals surface area contributed by atoms with Crippen molar-refractivity contribution in [3.63, 3.8) is 0 Å². The molecule has 1 amide bonds. The van der Waals surface area contributed by atoms with Crippen molar-refractivity contribution in [3.05, 3.63) is 51.4 Å². The van der Waals surface area contributed by atoms with E-state index in [1.165, 1.54) is 5.56 Å². The molecule has 1 aromatic carbocycles. The van der Waals surface area contributed by atoms with Gasteiger partial charge in [0.15, 0.2) is 10.6 Å². The number of thioether (sulfide) groups is 1. The lowest BCUT2D eigenvalue weighted by Crippen LogP contribution is -2.29. The maximum absolute atomic E-state index is 12.3. The molecule has 0 fully saturated rings. The number of aromatic amines is 1. The van der Waals surface area contributed by atoms with E-state index in [0.29, 0.717) is 17.1 Å². The van der Waals surface area contributed by atoms with Crippen LogP contribution in [0.1, 0.15) is 5.56 Å². The fourth-order valence-corrected chi connectivity index (χ4v) is 4.23. The molecule has 6 nitrogen and oxygen atoms in total. The zero-order chi connectivity index (χ0) is 19.1. The second-order valence-electron chi connectivity index (χ2n) is 5.70. The van der Waals surface area contributed by atoms with Gasteiger partial charge in [-0.2, -0.15) is 28.2 Å². The van der Waals surface area contributed by atoms with Gasteiger partial charge in [0.2, 0.25) is 5.91 Å². The normalized spacial score (nSPS) is 10.7. The second kappa shape index (κ2) is 9.72. The van der Waals surface area contributed by atoms with Crippen molar-refractivity contribution in [2.75, 3.05) is 19.4 Å². The molecule has 0 saturated heterocycles. The molecule has 0 spiro atoms. The van der Waals surface area contributed by atoms with E-state index < -0.39 is 0 Å². The summed E-state index contributed by atoms with van der Waals surface area (Å²) in [7, 11) is 1.62. The maximum atomic E-state index is 12.3. The number of ether oxygens (including phenoxy) is 1. The molecule has 3 aromatic rings. The van der Waals surface area contributed by atoms with Gasteiger partial charge < -0.3 is 10.1 Å². The van der Waals surface area contributed by atoms with Crippen molar-refractivity contribution < 1.29 is 9.53 Å². The van der Waals surface area contributed by atoms with Gasteiger partial charge >= 0.3 is 0 Å². The number of methoxy groups -OCH3 is 1.